The Bertz CT molecular complexity index is 1010. The van der Waals surface area contributed by atoms with Gasteiger partial charge in [0.2, 0.25) is 5.13 Å². The third-order valence-corrected chi connectivity index (χ3v) is 5.44. The van der Waals surface area contributed by atoms with Crippen LogP contribution in [0.5, 0.6) is 0 Å². The van der Waals surface area contributed by atoms with E-state index < -0.39 is 10.9 Å². The number of thiazole rings is 1. The van der Waals surface area contributed by atoms with Gasteiger partial charge in [0.25, 0.3) is 11.6 Å². The van der Waals surface area contributed by atoms with Crippen LogP contribution in [0, 0.1) is 17.0 Å². The number of hydrogen-bond acceptors (Lipinski definition) is 9. The number of non-ortho nitro benzene ring substituents is 1. The fourth-order valence-corrected chi connectivity index (χ4v) is 3.95. The van der Waals surface area contributed by atoms with Gasteiger partial charge >= 0.3 is 5.97 Å². The van der Waals surface area contributed by atoms with Crippen molar-refractivity contribution in [3.05, 3.63) is 55.4 Å². The number of esters is 1. The average Bonchev–Trinajstić information content (AvgIpc) is 3.18. The van der Waals surface area contributed by atoms with Gasteiger partial charge in [-0.3, -0.25) is 14.9 Å². The van der Waals surface area contributed by atoms with Crippen molar-refractivity contribution in [2.24, 2.45) is 4.99 Å². The van der Waals surface area contributed by atoms with Gasteiger partial charge in [0.15, 0.2) is 5.17 Å². The van der Waals surface area contributed by atoms with Crippen molar-refractivity contribution in [2.45, 2.75) is 13.8 Å². The number of hydrogen-bond donors (Lipinski definition) is 1. The molecule has 1 aliphatic rings. The summed E-state index contributed by atoms with van der Waals surface area (Å²) >= 11 is 2.20. The third kappa shape index (κ3) is 4.43. The summed E-state index contributed by atoms with van der Waals surface area (Å²) in [6.07, 6.45) is 1.61. The maximum atomic E-state index is 12.1. The summed E-state index contributed by atoms with van der Waals surface area (Å²) in [6, 6.07) is 5.86. The number of amidine groups is 1. The zero-order chi connectivity index (χ0) is 20.3. The molecule has 11 heteroatoms. The molecule has 2 aromatic rings. The van der Waals surface area contributed by atoms with Gasteiger partial charge in [0, 0.05) is 12.1 Å². The molecule has 1 aromatic heterocycles. The fraction of sp³-hybridized carbons (Fsp3) is 0.176. The van der Waals surface area contributed by atoms with Crippen LogP contribution < -0.4 is 5.32 Å². The van der Waals surface area contributed by atoms with E-state index >= 15 is 0 Å². The topological polar surface area (TPSA) is 124 Å². The van der Waals surface area contributed by atoms with E-state index in [1.54, 1.807) is 32.1 Å². The van der Waals surface area contributed by atoms with Crippen LogP contribution >= 0.6 is 23.1 Å². The number of ether oxygens (including phenoxy) is 1. The maximum Gasteiger partial charge on any atom is 0.350 e. The van der Waals surface area contributed by atoms with Crippen LogP contribution in [0.1, 0.15) is 27.9 Å². The number of carbonyl (C=O) groups is 2. The van der Waals surface area contributed by atoms with Crippen LogP contribution in [0.25, 0.3) is 6.08 Å². The molecule has 9 nitrogen and oxygen atoms in total. The largest absolute Gasteiger partial charge is 0.462 e. The molecular formula is C17H14N4O5S2. The van der Waals surface area contributed by atoms with E-state index in [4.69, 9.17) is 4.74 Å². The van der Waals surface area contributed by atoms with Crippen LogP contribution in [-0.2, 0) is 9.53 Å². The molecule has 28 heavy (non-hydrogen) atoms. The van der Waals surface area contributed by atoms with Gasteiger partial charge < -0.3 is 10.1 Å². The highest BCUT2D eigenvalue weighted by molar-refractivity contribution is 8.18. The first kappa shape index (κ1) is 19.7. The van der Waals surface area contributed by atoms with Gasteiger partial charge in [-0.2, -0.15) is 4.99 Å². The monoisotopic (exact) mass is 418 g/mol. The zero-order valence-corrected chi connectivity index (χ0v) is 16.4. The number of nitro benzene ring substituents is 1. The van der Waals surface area contributed by atoms with Crippen molar-refractivity contribution in [1.29, 1.82) is 0 Å². The summed E-state index contributed by atoms with van der Waals surface area (Å²) < 4.78 is 4.97. The number of aryl methyl sites for hydroxylation is 1. The van der Waals surface area contributed by atoms with Crippen LogP contribution in [0.3, 0.4) is 0 Å². The second kappa shape index (κ2) is 8.31. The van der Waals surface area contributed by atoms with Crippen LogP contribution in [0.2, 0.25) is 0 Å². The Morgan fingerprint density at radius 3 is 2.75 bits per heavy atom. The molecule has 3 rings (SSSR count). The summed E-state index contributed by atoms with van der Waals surface area (Å²) in [5, 5.41) is 14.0. The highest BCUT2D eigenvalue weighted by Gasteiger charge is 2.25. The lowest BCUT2D eigenvalue weighted by Crippen LogP contribution is -2.19. The summed E-state index contributed by atoms with van der Waals surface area (Å²) in [5.41, 5.74) is 1.14. The Morgan fingerprint density at radius 2 is 2.11 bits per heavy atom. The molecule has 0 spiro atoms. The van der Waals surface area contributed by atoms with E-state index in [2.05, 4.69) is 15.3 Å². The van der Waals surface area contributed by atoms with Crippen molar-refractivity contribution < 1.29 is 19.2 Å². The first-order valence-corrected chi connectivity index (χ1v) is 9.69. The molecule has 1 aromatic carbocycles. The summed E-state index contributed by atoms with van der Waals surface area (Å²) in [6.45, 7) is 3.67. The van der Waals surface area contributed by atoms with Crippen LogP contribution in [0.15, 0.2) is 34.2 Å². The number of nitrogens with zero attached hydrogens (tertiary/aromatic N) is 3. The van der Waals surface area contributed by atoms with Crippen molar-refractivity contribution in [3.63, 3.8) is 0 Å². The number of nitro groups is 1. The molecule has 144 valence electrons. The molecule has 1 fully saturated rings. The number of carbonyl (C=O) groups excluding carboxylic acids is 2. The second-order valence-corrected chi connectivity index (χ2v) is 7.47. The minimum Gasteiger partial charge on any atom is -0.462 e. The van der Waals surface area contributed by atoms with Gasteiger partial charge in [0.05, 0.1) is 22.1 Å². The summed E-state index contributed by atoms with van der Waals surface area (Å²) in [7, 11) is 0. The number of thioether (sulfide) groups is 1. The van der Waals surface area contributed by atoms with E-state index in [1.165, 1.54) is 12.1 Å². The van der Waals surface area contributed by atoms with E-state index in [-0.39, 0.29) is 18.2 Å². The molecule has 0 radical (unpaired) electrons. The number of aliphatic imine (C=N–C) groups is 1. The SMILES string of the molecule is CCOC(=O)c1sc(N=C2NC(=O)/C(=C/c3ccc([N+](=O)[O-])cc3)S2)nc1C. The lowest BCUT2D eigenvalue weighted by Gasteiger charge is -1.97. The van der Waals surface area contributed by atoms with Crippen molar-refractivity contribution in [2.75, 3.05) is 6.61 Å². The molecular weight excluding hydrogens is 404 g/mol. The Balaban J connectivity index is 1.78. The number of nitrogens with one attached hydrogen (secondary N) is 1. The first-order valence-electron chi connectivity index (χ1n) is 8.06. The first-order chi connectivity index (χ1) is 13.4. The smallest absolute Gasteiger partial charge is 0.350 e. The van der Waals surface area contributed by atoms with Crippen molar-refractivity contribution in [1.82, 2.24) is 10.3 Å². The van der Waals surface area contributed by atoms with E-state index in [0.717, 1.165) is 23.1 Å². The predicted octanol–water partition coefficient (Wildman–Crippen LogP) is 3.43. The molecule has 0 aliphatic carbocycles. The van der Waals surface area contributed by atoms with E-state index in [0.29, 0.717) is 31.3 Å². The fourth-order valence-electron chi connectivity index (χ4n) is 2.23. The number of rotatable bonds is 5. The molecule has 1 saturated heterocycles. The zero-order valence-electron chi connectivity index (χ0n) is 14.8. The third-order valence-electron chi connectivity index (χ3n) is 3.50. The predicted molar refractivity (Wildman–Crippen MR) is 107 cm³/mol. The highest BCUT2D eigenvalue weighted by atomic mass is 32.2. The van der Waals surface area contributed by atoms with E-state index in [1.807, 2.05) is 0 Å². The molecule has 0 bridgehead atoms. The second-order valence-electron chi connectivity index (χ2n) is 5.46. The number of amides is 1. The minimum atomic E-state index is -0.487. The normalized spacial score (nSPS) is 16.4. The Morgan fingerprint density at radius 1 is 1.39 bits per heavy atom. The van der Waals surface area contributed by atoms with Gasteiger partial charge in [0.1, 0.15) is 4.88 Å². The van der Waals surface area contributed by atoms with Gasteiger partial charge in [-0.15, -0.1) is 0 Å². The molecule has 1 aliphatic heterocycles. The van der Waals surface area contributed by atoms with E-state index in [9.17, 15) is 19.7 Å². The Kier molecular flexibility index (Phi) is 5.85. The summed E-state index contributed by atoms with van der Waals surface area (Å²) in [4.78, 5) is 43.5. The highest BCUT2D eigenvalue weighted by Crippen LogP contribution is 2.31. The molecule has 1 N–H and O–H groups in total. The van der Waals surface area contributed by atoms with Crippen molar-refractivity contribution in [3.8, 4) is 0 Å². The molecule has 1 amide bonds. The summed E-state index contributed by atoms with van der Waals surface area (Å²) in [5.74, 6) is -0.785. The van der Waals surface area contributed by atoms with Crippen LogP contribution in [-0.4, -0.2) is 33.6 Å². The van der Waals surface area contributed by atoms with Crippen LogP contribution in [0.4, 0.5) is 10.8 Å². The van der Waals surface area contributed by atoms with Gasteiger partial charge in [-0.05, 0) is 49.4 Å². The maximum absolute atomic E-state index is 12.1. The molecule has 0 unspecified atom stereocenters. The number of benzene rings is 1. The van der Waals surface area contributed by atoms with Crippen molar-refractivity contribution >= 4 is 57.0 Å². The standard InChI is InChI=1S/C17H14N4O5S2/c1-3-26-15(23)13-9(2)18-16(28-13)20-17-19-14(22)12(27-17)8-10-4-6-11(7-5-10)21(24)25/h4-8H,3H2,1-2H3,(H,18,19,20,22)/b12-8-. The lowest BCUT2D eigenvalue weighted by atomic mass is 10.2. The average molecular weight is 418 g/mol. The van der Waals surface area contributed by atoms with Gasteiger partial charge in [-0.25, -0.2) is 9.78 Å². The Hall–Kier alpha value is -3.05. The lowest BCUT2D eigenvalue weighted by molar-refractivity contribution is -0.384. The minimum absolute atomic E-state index is 0.0236. The molecule has 0 saturated carbocycles. The molecule has 0 atom stereocenters. The quantitative estimate of drug-likeness (QED) is 0.341. The van der Waals surface area contributed by atoms with Gasteiger partial charge in [-0.1, -0.05) is 11.3 Å². The molecule has 2 heterocycles. The Labute approximate surface area is 167 Å². The number of aromatic nitrogens is 1.